The van der Waals surface area contributed by atoms with E-state index in [2.05, 4.69) is 46.1 Å². The number of aromatic nitrogens is 2. The summed E-state index contributed by atoms with van der Waals surface area (Å²) in [5.74, 6) is 2.14. The minimum absolute atomic E-state index is 0.481. The molecule has 4 rings (SSSR count). The summed E-state index contributed by atoms with van der Waals surface area (Å²) in [7, 11) is 5.42. The highest BCUT2D eigenvalue weighted by Gasteiger charge is 2.18. The number of nitrogens with zero attached hydrogens (tertiary/aromatic N) is 5. The molecule has 0 radical (unpaired) electrons. The van der Waals surface area contributed by atoms with Crippen LogP contribution in [0.2, 0.25) is 0 Å². The lowest BCUT2D eigenvalue weighted by atomic mass is 10.1. The van der Waals surface area contributed by atoms with Gasteiger partial charge in [0.05, 0.1) is 31.2 Å². The van der Waals surface area contributed by atoms with Crippen molar-refractivity contribution in [1.82, 2.24) is 14.9 Å². The summed E-state index contributed by atoms with van der Waals surface area (Å²) in [5, 5.41) is 9.37. The minimum atomic E-state index is 0.481. The molecule has 0 atom stereocenters. The Balaban J connectivity index is 1.55. The van der Waals surface area contributed by atoms with E-state index in [-0.39, 0.29) is 0 Å². The van der Waals surface area contributed by atoms with Gasteiger partial charge in [-0.2, -0.15) is 5.26 Å². The Morgan fingerprint density at radius 2 is 1.75 bits per heavy atom. The second-order valence-corrected chi connectivity index (χ2v) is 7.86. The number of rotatable bonds is 6. The van der Waals surface area contributed by atoms with E-state index in [4.69, 9.17) is 14.5 Å². The maximum atomic E-state index is 9.37. The minimum Gasteiger partial charge on any atom is -0.495 e. The van der Waals surface area contributed by atoms with E-state index in [9.17, 15) is 5.26 Å². The predicted molar refractivity (Wildman–Crippen MR) is 124 cm³/mol. The van der Waals surface area contributed by atoms with Gasteiger partial charge in [0.1, 0.15) is 23.4 Å². The molecule has 0 unspecified atom stereocenters. The van der Waals surface area contributed by atoms with Gasteiger partial charge < -0.3 is 19.3 Å². The maximum Gasteiger partial charge on any atom is 0.142 e. The number of anilines is 1. The zero-order valence-electron chi connectivity index (χ0n) is 18.7. The standard InChI is InChI=1S/C25H27N5O2/c1-29-10-12-30(13-11-29)22-6-4-18(14-24(22)32-3)15-25-27-9-8-21(28-25)19-5-7-23(31-2)20(16-19)17-26/h4-9,14,16H,10-13,15H2,1-3H3. The second kappa shape index (κ2) is 9.67. The molecule has 0 amide bonds. The van der Waals surface area contributed by atoms with Crippen molar-refractivity contribution in [3.8, 4) is 28.8 Å². The first-order valence-corrected chi connectivity index (χ1v) is 10.6. The summed E-state index contributed by atoms with van der Waals surface area (Å²) in [6.45, 7) is 4.07. The fraction of sp³-hybridized carbons (Fsp3) is 0.320. The monoisotopic (exact) mass is 429 g/mol. The highest BCUT2D eigenvalue weighted by atomic mass is 16.5. The van der Waals surface area contributed by atoms with E-state index < -0.39 is 0 Å². The third-order valence-electron chi connectivity index (χ3n) is 5.77. The zero-order chi connectivity index (χ0) is 22.5. The van der Waals surface area contributed by atoms with Crippen LogP contribution in [0, 0.1) is 11.3 Å². The second-order valence-electron chi connectivity index (χ2n) is 7.86. The van der Waals surface area contributed by atoms with Crippen LogP contribution < -0.4 is 14.4 Å². The molecule has 3 aromatic rings. The number of methoxy groups -OCH3 is 2. The molecule has 0 aliphatic carbocycles. The van der Waals surface area contributed by atoms with Crippen molar-refractivity contribution in [2.45, 2.75) is 6.42 Å². The highest BCUT2D eigenvalue weighted by molar-refractivity contribution is 5.64. The largest absolute Gasteiger partial charge is 0.495 e. The number of hydrogen-bond acceptors (Lipinski definition) is 7. The Morgan fingerprint density at radius 3 is 2.47 bits per heavy atom. The fourth-order valence-electron chi connectivity index (χ4n) is 3.92. The molecule has 2 heterocycles. The molecule has 0 saturated carbocycles. The van der Waals surface area contributed by atoms with Crippen molar-refractivity contribution >= 4 is 5.69 Å². The highest BCUT2D eigenvalue weighted by Crippen LogP contribution is 2.31. The summed E-state index contributed by atoms with van der Waals surface area (Å²) in [6, 6.07) is 15.8. The topological polar surface area (TPSA) is 74.5 Å². The first kappa shape index (κ1) is 21.6. The Morgan fingerprint density at radius 1 is 0.969 bits per heavy atom. The third kappa shape index (κ3) is 4.66. The molecule has 0 bridgehead atoms. The van der Waals surface area contributed by atoms with Crippen LogP contribution in [-0.4, -0.2) is 62.3 Å². The van der Waals surface area contributed by atoms with Crippen LogP contribution in [0.1, 0.15) is 17.0 Å². The summed E-state index contributed by atoms with van der Waals surface area (Å²) in [5.41, 5.74) is 4.32. The smallest absolute Gasteiger partial charge is 0.142 e. The van der Waals surface area contributed by atoms with Gasteiger partial charge in [-0.05, 0) is 49.0 Å². The van der Waals surface area contributed by atoms with Crippen LogP contribution in [0.5, 0.6) is 11.5 Å². The van der Waals surface area contributed by atoms with Crippen molar-refractivity contribution in [2.75, 3.05) is 52.3 Å². The molecular weight excluding hydrogens is 402 g/mol. The van der Waals surface area contributed by atoms with Gasteiger partial charge in [0.2, 0.25) is 0 Å². The van der Waals surface area contributed by atoms with Crippen LogP contribution >= 0.6 is 0 Å². The number of ether oxygens (including phenoxy) is 2. The summed E-state index contributed by atoms with van der Waals surface area (Å²) < 4.78 is 10.9. The number of piperazine rings is 1. The average Bonchev–Trinajstić information content (AvgIpc) is 2.84. The van der Waals surface area contributed by atoms with E-state index in [1.54, 1.807) is 32.5 Å². The van der Waals surface area contributed by atoms with Crippen LogP contribution in [0.25, 0.3) is 11.3 Å². The number of benzene rings is 2. The van der Waals surface area contributed by atoms with E-state index in [1.807, 2.05) is 12.1 Å². The van der Waals surface area contributed by atoms with Crippen LogP contribution in [0.3, 0.4) is 0 Å². The van der Waals surface area contributed by atoms with Gasteiger partial charge in [0.25, 0.3) is 0 Å². The lowest BCUT2D eigenvalue weighted by Gasteiger charge is -2.34. The molecule has 32 heavy (non-hydrogen) atoms. The van der Waals surface area contributed by atoms with Gasteiger partial charge in [0.15, 0.2) is 0 Å². The van der Waals surface area contributed by atoms with Crippen molar-refractivity contribution in [3.05, 3.63) is 65.6 Å². The maximum absolute atomic E-state index is 9.37. The molecule has 1 saturated heterocycles. The quantitative estimate of drug-likeness (QED) is 0.595. The molecule has 7 heteroatoms. The van der Waals surface area contributed by atoms with Crippen LogP contribution in [-0.2, 0) is 6.42 Å². The summed E-state index contributed by atoms with van der Waals surface area (Å²) in [4.78, 5) is 13.9. The molecule has 1 aromatic heterocycles. The van der Waals surface area contributed by atoms with Crippen LogP contribution in [0.4, 0.5) is 5.69 Å². The van der Waals surface area contributed by atoms with E-state index in [1.165, 1.54) is 0 Å². The van der Waals surface area contributed by atoms with Crippen molar-refractivity contribution in [2.24, 2.45) is 0 Å². The van der Waals surface area contributed by atoms with Gasteiger partial charge in [-0.25, -0.2) is 9.97 Å². The van der Waals surface area contributed by atoms with Crippen LogP contribution in [0.15, 0.2) is 48.7 Å². The molecule has 1 fully saturated rings. The molecule has 164 valence electrons. The fourth-order valence-corrected chi connectivity index (χ4v) is 3.92. The Hall–Kier alpha value is -3.63. The normalized spacial score (nSPS) is 14.1. The number of likely N-dealkylation sites (N-methyl/N-ethyl adjacent to an activating group) is 1. The van der Waals surface area contributed by atoms with Gasteiger partial charge in [0, 0.05) is 44.4 Å². The van der Waals surface area contributed by atoms with Crippen molar-refractivity contribution < 1.29 is 9.47 Å². The zero-order valence-corrected chi connectivity index (χ0v) is 18.7. The summed E-state index contributed by atoms with van der Waals surface area (Å²) >= 11 is 0. The summed E-state index contributed by atoms with van der Waals surface area (Å²) in [6.07, 6.45) is 2.35. The molecule has 1 aliphatic rings. The Kier molecular flexibility index (Phi) is 6.52. The molecule has 0 spiro atoms. The Bertz CT molecular complexity index is 1130. The van der Waals surface area contributed by atoms with Gasteiger partial charge in [-0.15, -0.1) is 0 Å². The van der Waals surface area contributed by atoms with Crippen molar-refractivity contribution in [3.63, 3.8) is 0 Å². The van der Waals surface area contributed by atoms with Crippen molar-refractivity contribution in [1.29, 1.82) is 5.26 Å². The van der Waals surface area contributed by atoms with E-state index in [0.29, 0.717) is 23.6 Å². The van der Waals surface area contributed by atoms with Gasteiger partial charge in [-0.3, -0.25) is 0 Å². The number of nitriles is 1. The molecule has 0 N–H and O–H groups in total. The third-order valence-corrected chi connectivity index (χ3v) is 5.77. The van der Waals surface area contributed by atoms with Gasteiger partial charge >= 0.3 is 0 Å². The molecule has 7 nitrogen and oxygen atoms in total. The first-order valence-electron chi connectivity index (χ1n) is 10.6. The lowest BCUT2D eigenvalue weighted by molar-refractivity contribution is 0.311. The Labute approximate surface area is 188 Å². The lowest BCUT2D eigenvalue weighted by Crippen LogP contribution is -2.44. The SMILES string of the molecule is COc1ccc(-c2ccnc(Cc3ccc(N4CCN(C)CC4)c(OC)c3)n2)cc1C#N. The van der Waals surface area contributed by atoms with E-state index in [0.717, 1.165) is 54.4 Å². The molecular formula is C25H27N5O2. The predicted octanol–water partition coefficient (Wildman–Crippen LogP) is 3.38. The first-order chi connectivity index (χ1) is 15.6. The molecule has 1 aliphatic heterocycles. The molecule has 2 aromatic carbocycles. The average molecular weight is 430 g/mol. The van der Waals surface area contributed by atoms with Gasteiger partial charge in [-0.1, -0.05) is 6.07 Å². The van der Waals surface area contributed by atoms with E-state index >= 15 is 0 Å². The number of hydrogen-bond donors (Lipinski definition) is 0.